The van der Waals surface area contributed by atoms with Crippen molar-refractivity contribution in [1.82, 2.24) is 15.2 Å². The van der Waals surface area contributed by atoms with Gasteiger partial charge in [-0.15, -0.1) is 0 Å². The fraction of sp³-hybridized carbons (Fsp3) is 0.500. The highest BCUT2D eigenvalue weighted by atomic mass is 16.4. The van der Waals surface area contributed by atoms with E-state index >= 15 is 0 Å². The fourth-order valence-electron chi connectivity index (χ4n) is 1.73. The van der Waals surface area contributed by atoms with Gasteiger partial charge in [-0.2, -0.15) is 0 Å². The first-order chi connectivity index (χ1) is 9.52. The average Bonchev–Trinajstić information content (AvgIpc) is 2.43. The van der Waals surface area contributed by atoms with Crippen molar-refractivity contribution in [3.8, 4) is 0 Å². The summed E-state index contributed by atoms with van der Waals surface area (Å²) in [6.07, 6.45) is 2.16. The first-order valence-electron chi connectivity index (χ1n) is 6.70. The first-order valence-corrected chi connectivity index (χ1v) is 6.70. The summed E-state index contributed by atoms with van der Waals surface area (Å²) in [6.45, 7) is 4.70. The Hall–Kier alpha value is -2.11. The van der Waals surface area contributed by atoms with Gasteiger partial charge >= 0.3 is 12.0 Å². The van der Waals surface area contributed by atoms with Gasteiger partial charge in [-0.1, -0.05) is 6.07 Å². The molecule has 0 saturated carbocycles. The molecule has 20 heavy (non-hydrogen) atoms. The van der Waals surface area contributed by atoms with Crippen LogP contribution in [-0.2, 0) is 11.3 Å². The first kappa shape index (κ1) is 15.9. The Balaban J connectivity index is 2.48. The van der Waals surface area contributed by atoms with E-state index in [4.69, 9.17) is 5.11 Å². The van der Waals surface area contributed by atoms with E-state index in [0.29, 0.717) is 19.5 Å². The Morgan fingerprint density at radius 2 is 2.20 bits per heavy atom. The maximum Gasteiger partial charge on any atom is 0.317 e. The molecule has 0 radical (unpaired) electrons. The number of carboxylic acid groups (broad SMARTS) is 1. The normalized spacial score (nSPS) is 11.7. The number of rotatable bonds is 7. The maximum atomic E-state index is 12.1. The highest BCUT2D eigenvalue weighted by Gasteiger charge is 2.15. The third kappa shape index (κ3) is 5.69. The lowest BCUT2D eigenvalue weighted by Gasteiger charge is -2.23. The van der Waals surface area contributed by atoms with Crippen molar-refractivity contribution < 1.29 is 14.7 Å². The number of pyridine rings is 1. The summed E-state index contributed by atoms with van der Waals surface area (Å²) in [5.74, 6) is -0.855. The minimum atomic E-state index is -0.855. The number of amides is 2. The van der Waals surface area contributed by atoms with E-state index in [1.807, 2.05) is 25.1 Å². The molecule has 0 aromatic carbocycles. The number of carbonyl (C=O) groups is 2. The number of carbonyl (C=O) groups excluding carboxylic acids is 1. The van der Waals surface area contributed by atoms with Crippen molar-refractivity contribution >= 4 is 12.0 Å². The molecule has 1 aromatic rings. The van der Waals surface area contributed by atoms with Crippen LogP contribution >= 0.6 is 0 Å². The Morgan fingerprint density at radius 3 is 2.75 bits per heavy atom. The number of hydrogen-bond acceptors (Lipinski definition) is 3. The number of aromatic nitrogens is 1. The van der Waals surface area contributed by atoms with Crippen LogP contribution in [0.15, 0.2) is 24.4 Å². The van der Waals surface area contributed by atoms with Gasteiger partial charge in [-0.25, -0.2) is 4.79 Å². The molecule has 2 N–H and O–H groups in total. The number of urea groups is 1. The molecule has 0 aliphatic rings. The van der Waals surface area contributed by atoms with E-state index in [2.05, 4.69) is 10.3 Å². The van der Waals surface area contributed by atoms with Gasteiger partial charge in [0.15, 0.2) is 0 Å². The molecule has 0 saturated heterocycles. The lowest BCUT2D eigenvalue weighted by molar-refractivity contribution is -0.137. The van der Waals surface area contributed by atoms with Gasteiger partial charge in [0, 0.05) is 25.2 Å². The van der Waals surface area contributed by atoms with Crippen molar-refractivity contribution in [3.05, 3.63) is 30.1 Å². The summed E-state index contributed by atoms with van der Waals surface area (Å²) in [6, 6.07) is 5.20. The number of carboxylic acids is 1. The fourth-order valence-corrected chi connectivity index (χ4v) is 1.73. The van der Waals surface area contributed by atoms with Crippen molar-refractivity contribution in [3.63, 3.8) is 0 Å². The van der Waals surface area contributed by atoms with E-state index in [0.717, 1.165) is 5.69 Å². The van der Waals surface area contributed by atoms with E-state index in [1.165, 1.54) is 0 Å². The monoisotopic (exact) mass is 279 g/mol. The highest BCUT2D eigenvalue weighted by molar-refractivity contribution is 5.74. The van der Waals surface area contributed by atoms with Crippen LogP contribution in [0, 0.1) is 0 Å². The highest BCUT2D eigenvalue weighted by Crippen LogP contribution is 2.03. The van der Waals surface area contributed by atoms with Crippen LogP contribution in [0.4, 0.5) is 4.79 Å². The molecule has 0 aliphatic heterocycles. The Kier molecular flexibility index (Phi) is 6.49. The molecule has 6 nitrogen and oxygen atoms in total. The Bertz CT molecular complexity index is 437. The SMILES string of the molecule is CCN(Cc1ccccn1)C(=O)NC(C)CCC(=O)O. The molecule has 1 rings (SSSR count). The Morgan fingerprint density at radius 1 is 1.45 bits per heavy atom. The maximum absolute atomic E-state index is 12.1. The second-order valence-electron chi connectivity index (χ2n) is 4.62. The number of nitrogens with zero attached hydrogens (tertiary/aromatic N) is 2. The zero-order valence-corrected chi connectivity index (χ0v) is 11.9. The largest absolute Gasteiger partial charge is 0.481 e. The molecule has 0 spiro atoms. The van der Waals surface area contributed by atoms with Gasteiger partial charge in [-0.3, -0.25) is 9.78 Å². The Labute approximate surface area is 118 Å². The molecule has 2 amide bonds. The molecule has 1 atom stereocenters. The van der Waals surface area contributed by atoms with Crippen molar-refractivity contribution in [2.75, 3.05) is 6.54 Å². The smallest absolute Gasteiger partial charge is 0.317 e. The van der Waals surface area contributed by atoms with Gasteiger partial charge in [-0.05, 0) is 32.4 Å². The van der Waals surface area contributed by atoms with Crippen LogP contribution in [0.25, 0.3) is 0 Å². The van der Waals surface area contributed by atoms with Crippen LogP contribution in [0.2, 0.25) is 0 Å². The molecule has 0 bridgehead atoms. The van der Waals surface area contributed by atoms with E-state index in [-0.39, 0.29) is 18.5 Å². The predicted molar refractivity (Wildman–Crippen MR) is 75.2 cm³/mol. The average molecular weight is 279 g/mol. The topological polar surface area (TPSA) is 82.5 Å². The van der Waals surface area contributed by atoms with Crippen molar-refractivity contribution in [2.24, 2.45) is 0 Å². The number of hydrogen-bond donors (Lipinski definition) is 2. The lowest BCUT2D eigenvalue weighted by Crippen LogP contribution is -2.43. The second-order valence-corrected chi connectivity index (χ2v) is 4.62. The summed E-state index contributed by atoms with van der Waals surface area (Å²) >= 11 is 0. The minimum Gasteiger partial charge on any atom is -0.481 e. The van der Waals surface area contributed by atoms with Crippen LogP contribution in [0.3, 0.4) is 0 Å². The summed E-state index contributed by atoms with van der Waals surface area (Å²) in [5, 5.41) is 11.4. The number of aliphatic carboxylic acids is 1. The van der Waals surface area contributed by atoms with E-state index in [9.17, 15) is 9.59 Å². The van der Waals surface area contributed by atoms with E-state index in [1.54, 1.807) is 18.0 Å². The van der Waals surface area contributed by atoms with Crippen molar-refractivity contribution in [1.29, 1.82) is 0 Å². The predicted octanol–water partition coefficient (Wildman–Crippen LogP) is 1.87. The molecule has 0 fully saturated rings. The molecule has 1 aromatic heterocycles. The van der Waals surface area contributed by atoms with Crippen LogP contribution in [0.1, 0.15) is 32.4 Å². The second kappa shape index (κ2) is 8.14. The summed E-state index contributed by atoms with van der Waals surface area (Å²) in [4.78, 5) is 28.4. The molecule has 1 unspecified atom stereocenters. The van der Waals surface area contributed by atoms with Crippen molar-refractivity contribution in [2.45, 2.75) is 39.3 Å². The van der Waals surface area contributed by atoms with Gasteiger partial charge in [0.1, 0.15) is 0 Å². The summed E-state index contributed by atoms with van der Waals surface area (Å²) in [5.41, 5.74) is 0.822. The zero-order valence-electron chi connectivity index (χ0n) is 11.9. The quantitative estimate of drug-likeness (QED) is 0.798. The van der Waals surface area contributed by atoms with Crippen LogP contribution < -0.4 is 5.32 Å². The van der Waals surface area contributed by atoms with E-state index < -0.39 is 5.97 Å². The number of nitrogens with one attached hydrogen (secondary N) is 1. The van der Waals surface area contributed by atoms with Gasteiger partial charge in [0.05, 0.1) is 12.2 Å². The standard InChI is InChI=1S/C14H21N3O3/c1-3-17(10-12-6-4-5-9-15-12)14(20)16-11(2)7-8-13(18)19/h4-6,9,11H,3,7-8,10H2,1-2H3,(H,16,20)(H,18,19). The summed E-state index contributed by atoms with van der Waals surface area (Å²) in [7, 11) is 0. The molecule has 110 valence electrons. The molecular formula is C14H21N3O3. The molecule has 1 heterocycles. The molecular weight excluding hydrogens is 258 g/mol. The third-order valence-corrected chi connectivity index (χ3v) is 2.91. The molecule has 6 heteroatoms. The van der Waals surface area contributed by atoms with Crippen LogP contribution in [0.5, 0.6) is 0 Å². The minimum absolute atomic E-state index is 0.0494. The molecule has 0 aliphatic carbocycles. The van der Waals surface area contributed by atoms with Gasteiger partial charge < -0.3 is 15.3 Å². The zero-order chi connectivity index (χ0) is 15.0. The summed E-state index contributed by atoms with van der Waals surface area (Å²) < 4.78 is 0. The van der Waals surface area contributed by atoms with Gasteiger partial charge in [0.25, 0.3) is 0 Å². The van der Waals surface area contributed by atoms with Gasteiger partial charge in [0.2, 0.25) is 0 Å². The lowest BCUT2D eigenvalue weighted by atomic mass is 10.2. The third-order valence-electron chi connectivity index (χ3n) is 2.91. The van der Waals surface area contributed by atoms with Crippen LogP contribution in [-0.4, -0.2) is 39.6 Å².